The molecule has 0 saturated carbocycles. The maximum atomic E-state index is 14.6. The van der Waals surface area contributed by atoms with Crippen LogP contribution < -0.4 is 74.4 Å². The molecule has 5 atom stereocenters. The zero-order chi connectivity index (χ0) is 68.4. The van der Waals surface area contributed by atoms with Gasteiger partial charge in [-0.05, 0) is 232 Å². The minimum absolute atomic E-state index is 0.00183. The highest BCUT2D eigenvalue weighted by molar-refractivity contribution is 5.96. The number of unbranched alkanes of at least 4 members (excludes halogenated alkanes) is 11. The van der Waals surface area contributed by atoms with Crippen LogP contribution in [0.25, 0.3) is 11.1 Å². The Morgan fingerprint density at radius 1 is 0.340 bits per heavy atom. The number of carbonyl (C=O) groups is 9. The Labute approximate surface area is 561 Å². The Morgan fingerprint density at radius 3 is 1.04 bits per heavy atom. The second kappa shape index (κ2) is 51.6. The number of fused-ring (bicyclic) bond motifs is 3. The number of ether oxygens (including phenoxy) is 1. The van der Waals surface area contributed by atoms with E-state index in [-0.39, 0.29) is 61.8 Å². The first-order valence-corrected chi connectivity index (χ1v) is 35.3. The summed E-state index contributed by atoms with van der Waals surface area (Å²) in [5.41, 5.74) is 4.66. The molecule has 3 rings (SSSR count). The van der Waals surface area contributed by atoms with Crippen molar-refractivity contribution in [1.29, 1.82) is 0 Å². The fourth-order valence-corrected chi connectivity index (χ4v) is 11.5. The van der Waals surface area contributed by atoms with E-state index in [0.29, 0.717) is 168 Å². The molecule has 0 aliphatic heterocycles. The number of alkyl carbamates (subject to hydrolysis) is 1. The van der Waals surface area contributed by atoms with Crippen molar-refractivity contribution in [3.05, 3.63) is 59.7 Å². The normalized spacial score (nSPS) is 13.2. The first-order chi connectivity index (χ1) is 45.7. The van der Waals surface area contributed by atoms with Crippen LogP contribution in [0, 0.1) is 0 Å². The standard InChI is InChI=1S/C70H120N14O10/c1-7-76-62(85)40-11-8-24-49-78-65(88)57(35-18-26-43-71-2)81-67(90)59(37-20-28-45-73-4)83-69(92)61(39-22-30-47-75-6)84-68(91)60(38-21-29-46-74-5)82-66(89)58(36-19-27-44-72-3)80-64(87)42-13-10-23-48-77-63(86)41-12-9-25-50-79-70(93)94-51-56-54-33-16-14-31-52(54)53-32-15-17-34-55(53)56/h14-17,31-34,56-61,71-75H,7-13,18-30,35-51H2,1-6H3,(H,76,85)(H,77,86)(H,78,88)(H,79,93)(H,80,87)(H,81,90)(H,82,89)(H,83,92)(H,84,91). The molecular weight excluding hydrogens is 1200 g/mol. The molecule has 0 aromatic heterocycles. The van der Waals surface area contributed by atoms with Crippen molar-refractivity contribution in [2.45, 2.75) is 216 Å². The van der Waals surface area contributed by atoms with Gasteiger partial charge in [0.05, 0.1) is 0 Å². The Balaban J connectivity index is 1.58. The quantitative estimate of drug-likeness (QED) is 0.0390. The van der Waals surface area contributed by atoms with E-state index in [1.807, 2.05) is 66.4 Å². The van der Waals surface area contributed by atoms with Crippen LogP contribution in [-0.2, 0) is 43.1 Å². The van der Waals surface area contributed by atoms with Gasteiger partial charge in [-0.15, -0.1) is 0 Å². The summed E-state index contributed by atoms with van der Waals surface area (Å²) in [4.78, 5) is 122. The molecule has 14 N–H and O–H groups in total. The van der Waals surface area contributed by atoms with Gasteiger partial charge in [0.2, 0.25) is 47.3 Å². The van der Waals surface area contributed by atoms with Gasteiger partial charge in [0.25, 0.3) is 0 Å². The lowest BCUT2D eigenvalue weighted by molar-refractivity contribution is -0.135. The molecular formula is C70H120N14O10. The number of rotatable bonds is 56. The van der Waals surface area contributed by atoms with Crippen molar-refractivity contribution in [2.75, 3.05) is 101 Å². The summed E-state index contributed by atoms with van der Waals surface area (Å²) in [6, 6.07) is 11.5. The molecule has 24 nitrogen and oxygen atoms in total. The lowest BCUT2D eigenvalue weighted by Crippen LogP contribution is -2.59. The van der Waals surface area contributed by atoms with Gasteiger partial charge in [-0.1, -0.05) is 67.8 Å². The van der Waals surface area contributed by atoms with E-state index in [0.717, 1.165) is 49.8 Å². The molecule has 24 heteroatoms. The lowest BCUT2D eigenvalue weighted by Gasteiger charge is -2.27. The summed E-state index contributed by atoms with van der Waals surface area (Å²) in [5.74, 6) is -2.81. The molecule has 9 amide bonds. The van der Waals surface area contributed by atoms with Crippen LogP contribution in [0.5, 0.6) is 0 Å². The largest absolute Gasteiger partial charge is 0.449 e. The third-order valence-electron chi connectivity index (χ3n) is 16.9. The molecule has 0 saturated heterocycles. The first-order valence-electron chi connectivity index (χ1n) is 35.3. The number of nitrogens with one attached hydrogen (secondary N) is 14. The van der Waals surface area contributed by atoms with E-state index in [2.05, 4.69) is 98.7 Å². The monoisotopic (exact) mass is 1320 g/mol. The molecule has 1 aliphatic rings. The average Bonchev–Trinajstić information content (AvgIpc) is 1.64. The third kappa shape index (κ3) is 34.6. The Hall–Kier alpha value is -6.73. The van der Waals surface area contributed by atoms with Crippen molar-refractivity contribution in [3.63, 3.8) is 0 Å². The zero-order valence-electron chi connectivity index (χ0n) is 57.8. The van der Waals surface area contributed by atoms with Gasteiger partial charge in [-0.3, -0.25) is 38.4 Å². The number of benzene rings is 2. The molecule has 0 heterocycles. The molecule has 94 heavy (non-hydrogen) atoms. The molecule has 2 aromatic rings. The Morgan fingerprint density at radius 2 is 0.660 bits per heavy atom. The van der Waals surface area contributed by atoms with Crippen molar-refractivity contribution >= 4 is 53.4 Å². The summed E-state index contributed by atoms with van der Waals surface area (Å²) < 4.78 is 5.64. The average molecular weight is 1320 g/mol. The maximum absolute atomic E-state index is 14.6. The van der Waals surface area contributed by atoms with Gasteiger partial charge in [0.15, 0.2) is 0 Å². The van der Waals surface area contributed by atoms with Crippen LogP contribution >= 0.6 is 0 Å². The van der Waals surface area contributed by atoms with Gasteiger partial charge < -0.3 is 79.2 Å². The molecule has 5 unspecified atom stereocenters. The van der Waals surface area contributed by atoms with Gasteiger partial charge >= 0.3 is 6.09 Å². The second-order valence-corrected chi connectivity index (χ2v) is 24.6. The third-order valence-corrected chi connectivity index (χ3v) is 16.9. The topological polar surface area (TPSA) is 331 Å². The highest BCUT2D eigenvalue weighted by Crippen LogP contribution is 2.44. The van der Waals surface area contributed by atoms with Gasteiger partial charge in [0.1, 0.15) is 36.8 Å². The summed E-state index contributed by atoms with van der Waals surface area (Å²) in [6.07, 6.45) is 14.8. The van der Waals surface area contributed by atoms with Gasteiger partial charge in [-0.2, -0.15) is 0 Å². The fraction of sp³-hybridized carbons (Fsp3) is 0.700. The zero-order valence-corrected chi connectivity index (χ0v) is 57.8. The maximum Gasteiger partial charge on any atom is 0.407 e. The van der Waals surface area contributed by atoms with Crippen LogP contribution in [0.3, 0.4) is 0 Å². The second-order valence-electron chi connectivity index (χ2n) is 24.6. The Kier molecular flexibility index (Phi) is 44.7. The minimum Gasteiger partial charge on any atom is -0.449 e. The van der Waals surface area contributed by atoms with Gasteiger partial charge in [0, 0.05) is 51.4 Å². The number of hydrogen-bond acceptors (Lipinski definition) is 15. The molecule has 2 aromatic carbocycles. The molecule has 0 spiro atoms. The smallest absolute Gasteiger partial charge is 0.407 e. The van der Waals surface area contributed by atoms with E-state index in [1.54, 1.807) is 0 Å². The minimum atomic E-state index is -1.07. The molecule has 0 fully saturated rings. The van der Waals surface area contributed by atoms with E-state index >= 15 is 0 Å². The summed E-state index contributed by atoms with van der Waals surface area (Å²) >= 11 is 0. The predicted octanol–water partition coefficient (Wildman–Crippen LogP) is 4.95. The fourth-order valence-electron chi connectivity index (χ4n) is 11.5. The molecule has 1 aliphatic carbocycles. The van der Waals surface area contributed by atoms with Crippen LogP contribution in [0.15, 0.2) is 48.5 Å². The number of amides is 9. The van der Waals surface area contributed by atoms with E-state index in [1.165, 1.54) is 11.1 Å². The Bertz CT molecular complexity index is 2460. The van der Waals surface area contributed by atoms with Crippen molar-refractivity contribution < 1.29 is 47.9 Å². The van der Waals surface area contributed by atoms with E-state index < -0.39 is 59.9 Å². The number of hydrogen-bond donors (Lipinski definition) is 14. The lowest BCUT2D eigenvalue weighted by atomic mass is 9.98. The van der Waals surface area contributed by atoms with Crippen LogP contribution in [0.4, 0.5) is 4.79 Å². The predicted molar refractivity (Wildman–Crippen MR) is 372 cm³/mol. The summed E-state index contributed by atoms with van der Waals surface area (Å²) in [6.45, 7) is 7.50. The van der Waals surface area contributed by atoms with Crippen LogP contribution in [-0.4, -0.2) is 184 Å². The number of carbonyl (C=O) groups excluding carboxylic acids is 9. The van der Waals surface area contributed by atoms with E-state index in [9.17, 15) is 43.2 Å². The van der Waals surface area contributed by atoms with Crippen molar-refractivity contribution in [2.24, 2.45) is 0 Å². The highest BCUT2D eigenvalue weighted by atomic mass is 16.5. The van der Waals surface area contributed by atoms with Crippen molar-refractivity contribution in [1.82, 2.24) is 74.4 Å². The van der Waals surface area contributed by atoms with Gasteiger partial charge in [-0.25, -0.2) is 4.79 Å². The van der Waals surface area contributed by atoms with Crippen LogP contribution in [0.2, 0.25) is 0 Å². The molecule has 0 bridgehead atoms. The first kappa shape index (κ1) is 81.5. The van der Waals surface area contributed by atoms with E-state index in [4.69, 9.17) is 4.74 Å². The molecule has 0 radical (unpaired) electrons. The highest BCUT2D eigenvalue weighted by Gasteiger charge is 2.33. The SMILES string of the molecule is CCNC(=O)CCCCCNC(=O)C(CCCCNC)NC(=O)C(CCCCNC)NC(=O)C(CCCCNC)NC(=O)C(CCCCNC)NC(=O)C(CCCCNC)NC(=O)CCCCCNC(=O)CCCCCNC(=O)OCC1c2ccccc2-c2ccccc21. The summed E-state index contributed by atoms with van der Waals surface area (Å²) in [7, 11) is 9.21. The molecule has 530 valence electrons. The summed E-state index contributed by atoms with van der Waals surface area (Å²) in [5, 5.41) is 42.0. The van der Waals surface area contributed by atoms with Crippen molar-refractivity contribution in [3.8, 4) is 11.1 Å². The van der Waals surface area contributed by atoms with Crippen LogP contribution in [0.1, 0.15) is 197 Å².